The molecule has 0 aliphatic rings. The predicted octanol–water partition coefficient (Wildman–Crippen LogP) is 3.25. The van der Waals surface area contributed by atoms with Crippen molar-refractivity contribution in [2.24, 2.45) is 4.99 Å². The zero-order valence-electron chi connectivity index (χ0n) is 15.7. The van der Waals surface area contributed by atoms with Gasteiger partial charge in [0.05, 0.1) is 44.0 Å². The zero-order valence-corrected chi connectivity index (χ0v) is 16.5. The van der Waals surface area contributed by atoms with Gasteiger partial charge in [0.2, 0.25) is 0 Å². The number of rotatable bonds is 7. The van der Waals surface area contributed by atoms with Crippen LogP contribution in [0.25, 0.3) is 10.2 Å². The van der Waals surface area contributed by atoms with Crippen molar-refractivity contribution in [3.63, 3.8) is 0 Å². The van der Waals surface area contributed by atoms with Gasteiger partial charge >= 0.3 is 0 Å². The maximum Gasteiger partial charge on any atom is 0.251 e. The summed E-state index contributed by atoms with van der Waals surface area (Å²) in [5, 5.41) is 0. The first-order valence-corrected chi connectivity index (χ1v) is 9.42. The summed E-state index contributed by atoms with van der Waals surface area (Å²) in [7, 11) is 3.15. The Morgan fingerprint density at radius 2 is 1.89 bits per heavy atom. The number of ether oxygens (including phenoxy) is 3. The smallest absolute Gasteiger partial charge is 0.251 e. The second-order valence-electron chi connectivity index (χ2n) is 5.77. The molecular formula is C21H20N2O4S. The number of thiazole rings is 1. The van der Waals surface area contributed by atoms with E-state index in [-0.39, 0.29) is 18.9 Å². The molecule has 0 saturated heterocycles. The summed E-state index contributed by atoms with van der Waals surface area (Å²) in [6.45, 7) is 0.552. The lowest BCUT2D eigenvalue weighted by Gasteiger charge is -2.08. The molecule has 3 rings (SSSR count). The van der Waals surface area contributed by atoms with Crippen molar-refractivity contribution in [3.8, 4) is 29.6 Å². The highest BCUT2D eigenvalue weighted by atomic mass is 32.1. The van der Waals surface area contributed by atoms with Crippen molar-refractivity contribution in [1.82, 2.24) is 4.57 Å². The largest absolute Gasteiger partial charge is 0.493 e. The third kappa shape index (κ3) is 4.35. The lowest BCUT2D eigenvalue weighted by molar-refractivity contribution is -0.118. The molecule has 28 heavy (non-hydrogen) atoms. The summed E-state index contributed by atoms with van der Waals surface area (Å²) in [6.07, 6.45) is 5.69. The van der Waals surface area contributed by atoms with Gasteiger partial charge in [-0.3, -0.25) is 4.79 Å². The highest BCUT2D eigenvalue weighted by molar-refractivity contribution is 7.16. The standard InChI is InChI=1S/C21H20N2O4S/c1-4-11-23-16-13-17(25-2)18(26-3)14-19(16)28-21(23)22-20(24)10-12-27-15-8-6-5-7-9-15/h1,5-9,13-14H,10-12H2,2-3H3. The van der Waals surface area contributed by atoms with E-state index >= 15 is 0 Å². The van der Waals surface area contributed by atoms with Gasteiger partial charge in [0, 0.05) is 12.1 Å². The Balaban J connectivity index is 1.86. The molecule has 1 heterocycles. The molecule has 1 amide bonds. The number of nitrogens with zero attached hydrogens (tertiary/aromatic N) is 2. The third-order valence-corrected chi connectivity index (χ3v) is 5.03. The van der Waals surface area contributed by atoms with Crippen molar-refractivity contribution < 1.29 is 19.0 Å². The van der Waals surface area contributed by atoms with Crippen molar-refractivity contribution >= 4 is 27.5 Å². The summed E-state index contributed by atoms with van der Waals surface area (Å²) in [5.74, 6) is 4.26. The van der Waals surface area contributed by atoms with E-state index in [1.54, 1.807) is 14.2 Å². The van der Waals surface area contributed by atoms with Gasteiger partial charge in [-0.05, 0) is 12.1 Å². The monoisotopic (exact) mass is 396 g/mol. The molecular weight excluding hydrogens is 376 g/mol. The summed E-state index contributed by atoms with van der Waals surface area (Å²) < 4.78 is 19.0. The maximum atomic E-state index is 12.3. The van der Waals surface area contributed by atoms with Gasteiger partial charge in [-0.25, -0.2) is 0 Å². The molecule has 2 aromatic carbocycles. The Bertz CT molecular complexity index is 1080. The molecule has 0 spiro atoms. The second-order valence-corrected chi connectivity index (χ2v) is 6.78. The minimum atomic E-state index is -0.271. The first-order valence-electron chi connectivity index (χ1n) is 8.60. The van der Waals surface area contributed by atoms with Crippen molar-refractivity contribution in [3.05, 3.63) is 47.3 Å². The quantitative estimate of drug-likeness (QED) is 0.575. The number of fused-ring (bicyclic) bond motifs is 1. The van der Waals surface area contributed by atoms with E-state index in [1.165, 1.54) is 11.3 Å². The molecule has 1 aromatic heterocycles. The van der Waals surface area contributed by atoms with Crippen LogP contribution in [0.1, 0.15) is 6.42 Å². The molecule has 144 valence electrons. The van der Waals surface area contributed by atoms with Crippen LogP contribution < -0.4 is 19.0 Å². The summed E-state index contributed by atoms with van der Waals surface area (Å²) in [6, 6.07) is 13.0. The molecule has 0 radical (unpaired) electrons. The maximum absolute atomic E-state index is 12.3. The number of hydrogen-bond acceptors (Lipinski definition) is 5. The van der Waals surface area contributed by atoms with Gasteiger partial charge in [0.15, 0.2) is 16.3 Å². The Labute approximate surface area is 167 Å². The van der Waals surface area contributed by atoms with Crippen LogP contribution in [0.2, 0.25) is 0 Å². The van der Waals surface area contributed by atoms with Crippen LogP contribution in [-0.4, -0.2) is 31.3 Å². The molecule has 0 bridgehead atoms. The molecule has 0 N–H and O–H groups in total. The minimum absolute atomic E-state index is 0.172. The van der Waals surface area contributed by atoms with Crippen LogP contribution in [0.3, 0.4) is 0 Å². The molecule has 3 aromatic rings. The molecule has 0 atom stereocenters. The topological polar surface area (TPSA) is 62.1 Å². The van der Waals surface area contributed by atoms with Gasteiger partial charge in [0.25, 0.3) is 5.91 Å². The van der Waals surface area contributed by atoms with E-state index in [0.717, 1.165) is 16.0 Å². The number of carbonyl (C=O) groups excluding carboxylic acids is 1. The fourth-order valence-corrected chi connectivity index (χ4v) is 3.72. The predicted molar refractivity (Wildman–Crippen MR) is 109 cm³/mol. The van der Waals surface area contributed by atoms with E-state index in [1.807, 2.05) is 47.0 Å². The third-order valence-electron chi connectivity index (χ3n) is 3.99. The van der Waals surface area contributed by atoms with Crippen LogP contribution in [0.15, 0.2) is 47.5 Å². The normalized spacial score (nSPS) is 11.2. The summed E-state index contributed by atoms with van der Waals surface area (Å²) in [5.41, 5.74) is 0.840. The summed E-state index contributed by atoms with van der Waals surface area (Å²) in [4.78, 5) is 17.1. The lowest BCUT2D eigenvalue weighted by atomic mass is 10.3. The highest BCUT2D eigenvalue weighted by Gasteiger charge is 2.13. The highest BCUT2D eigenvalue weighted by Crippen LogP contribution is 2.33. The first-order chi connectivity index (χ1) is 13.7. The van der Waals surface area contributed by atoms with E-state index in [9.17, 15) is 4.79 Å². The minimum Gasteiger partial charge on any atom is -0.493 e. The fraction of sp³-hybridized carbons (Fsp3) is 0.238. The molecule has 0 fully saturated rings. The van der Waals surface area contributed by atoms with Gasteiger partial charge in [-0.15, -0.1) is 6.42 Å². The van der Waals surface area contributed by atoms with Crippen LogP contribution in [-0.2, 0) is 11.3 Å². The molecule has 6 nitrogen and oxygen atoms in total. The van der Waals surface area contributed by atoms with E-state index in [0.29, 0.717) is 22.8 Å². The average molecular weight is 396 g/mol. The van der Waals surface area contributed by atoms with Gasteiger partial charge in [-0.1, -0.05) is 35.5 Å². The fourth-order valence-electron chi connectivity index (χ4n) is 2.66. The first kappa shape index (κ1) is 19.5. The number of aromatic nitrogens is 1. The SMILES string of the molecule is C#CCn1c(=NC(=O)CCOc2ccccc2)sc2cc(OC)c(OC)cc21. The Morgan fingerprint density at radius 1 is 1.18 bits per heavy atom. The Kier molecular flexibility index (Phi) is 6.35. The number of terminal acetylenes is 1. The van der Waals surface area contributed by atoms with Crippen LogP contribution in [0.5, 0.6) is 17.2 Å². The van der Waals surface area contributed by atoms with Crippen molar-refractivity contribution in [2.45, 2.75) is 13.0 Å². The number of amides is 1. The summed E-state index contributed by atoms with van der Waals surface area (Å²) >= 11 is 1.37. The average Bonchev–Trinajstić information content (AvgIpc) is 3.04. The van der Waals surface area contributed by atoms with Gasteiger partial charge in [-0.2, -0.15) is 4.99 Å². The number of para-hydroxylation sites is 1. The van der Waals surface area contributed by atoms with Crippen molar-refractivity contribution in [1.29, 1.82) is 0 Å². The van der Waals surface area contributed by atoms with E-state index in [2.05, 4.69) is 10.9 Å². The van der Waals surface area contributed by atoms with Crippen molar-refractivity contribution in [2.75, 3.05) is 20.8 Å². The van der Waals surface area contributed by atoms with Crippen LogP contribution in [0.4, 0.5) is 0 Å². The Hall–Kier alpha value is -3.24. The van der Waals surface area contributed by atoms with Crippen LogP contribution in [0, 0.1) is 12.3 Å². The van der Waals surface area contributed by atoms with Gasteiger partial charge < -0.3 is 18.8 Å². The van der Waals surface area contributed by atoms with Gasteiger partial charge in [0.1, 0.15) is 5.75 Å². The van der Waals surface area contributed by atoms with E-state index in [4.69, 9.17) is 20.6 Å². The molecule has 7 heteroatoms. The molecule has 0 aliphatic carbocycles. The number of carbonyl (C=O) groups is 1. The Morgan fingerprint density at radius 3 is 2.57 bits per heavy atom. The van der Waals surface area contributed by atoms with E-state index < -0.39 is 0 Å². The second kappa shape index (κ2) is 9.11. The number of hydrogen-bond donors (Lipinski definition) is 0. The molecule has 0 saturated carbocycles. The van der Waals surface area contributed by atoms with Crippen LogP contribution >= 0.6 is 11.3 Å². The zero-order chi connectivity index (χ0) is 19.9. The number of benzene rings is 2. The number of methoxy groups -OCH3 is 2. The molecule has 0 aliphatic heterocycles. The molecule has 0 unspecified atom stereocenters. The lowest BCUT2D eigenvalue weighted by Crippen LogP contribution is -2.17.